The van der Waals surface area contributed by atoms with E-state index in [1.54, 1.807) is 12.3 Å². The molecule has 0 unspecified atom stereocenters. The molecule has 1 aromatic heterocycles. The van der Waals surface area contributed by atoms with Crippen LogP contribution in [0.4, 0.5) is 5.82 Å². The number of anilines is 1. The monoisotopic (exact) mass is 359 g/mol. The normalized spacial score (nSPS) is 10.4. The Kier molecular flexibility index (Phi) is 6.21. The van der Waals surface area contributed by atoms with Crippen molar-refractivity contribution in [2.75, 3.05) is 11.9 Å². The van der Waals surface area contributed by atoms with Crippen molar-refractivity contribution in [1.29, 1.82) is 0 Å². The molecule has 0 spiro atoms. The van der Waals surface area contributed by atoms with Gasteiger partial charge in [-0.2, -0.15) is 0 Å². The van der Waals surface area contributed by atoms with Crippen molar-refractivity contribution in [2.24, 2.45) is 0 Å². The van der Waals surface area contributed by atoms with Crippen molar-refractivity contribution in [3.05, 3.63) is 95.2 Å². The van der Waals surface area contributed by atoms with Crippen LogP contribution in [0.3, 0.4) is 0 Å². The van der Waals surface area contributed by atoms with Crippen LogP contribution in [0.25, 0.3) is 0 Å². The van der Waals surface area contributed by atoms with Gasteiger partial charge in [0, 0.05) is 31.4 Å². The van der Waals surface area contributed by atoms with E-state index < -0.39 is 0 Å². The van der Waals surface area contributed by atoms with Crippen LogP contribution in [-0.2, 0) is 13.1 Å². The molecule has 0 fully saturated rings. The van der Waals surface area contributed by atoms with Crippen LogP contribution < -0.4 is 5.32 Å². The summed E-state index contributed by atoms with van der Waals surface area (Å²) in [5.41, 5.74) is 4.19. The van der Waals surface area contributed by atoms with Gasteiger partial charge in [-0.3, -0.25) is 4.79 Å². The smallest absolute Gasteiger partial charge is 0.254 e. The van der Waals surface area contributed by atoms with E-state index in [1.165, 1.54) is 11.1 Å². The third-order valence-electron chi connectivity index (χ3n) is 4.49. The van der Waals surface area contributed by atoms with Crippen LogP contribution in [0.1, 0.15) is 34.0 Å². The number of rotatable bonds is 7. The largest absolute Gasteiger partial charge is 0.366 e. The number of amides is 1. The average molecular weight is 359 g/mol. The van der Waals surface area contributed by atoms with Crippen LogP contribution in [0, 0.1) is 6.92 Å². The minimum atomic E-state index is 0.0159. The van der Waals surface area contributed by atoms with Gasteiger partial charge in [0.05, 0.1) is 0 Å². The molecule has 0 aliphatic rings. The highest BCUT2D eigenvalue weighted by atomic mass is 16.2. The van der Waals surface area contributed by atoms with E-state index in [1.807, 2.05) is 48.2 Å². The summed E-state index contributed by atoms with van der Waals surface area (Å²) < 4.78 is 0. The molecule has 0 aliphatic carbocycles. The summed E-state index contributed by atoms with van der Waals surface area (Å²) in [7, 11) is 0. The molecule has 3 rings (SSSR count). The number of benzene rings is 2. The Labute approximate surface area is 160 Å². The highest BCUT2D eigenvalue weighted by Crippen LogP contribution is 2.14. The molecule has 1 heterocycles. The Morgan fingerprint density at radius 3 is 2.44 bits per heavy atom. The number of hydrogen-bond donors (Lipinski definition) is 1. The first-order valence-corrected chi connectivity index (χ1v) is 9.24. The highest BCUT2D eigenvalue weighted by Gasteiger charge is 2.15. The maximum absolute atomic E-state index is 12.9. The van der Waals surface area contributed by atoms with E-state index in [-0.39, 0.29) is 5.91 Å². The number of nitrogens with one attached hydrogen (secondary N) is 1. The van der Waals surface area contributed by atoms with Crippen molar-refractivity contribution in [1.82, 2.24) is 9.88 Å². The zero-order valence-electron chi connectivity index (χ0n) is 15.9. The van der Waals surface area contributed by atoms with Crippen molar-refractivity contribution >= 4 is 11.7 Å². The van der Waals surface area contributed by atoms with Crippen LogP contribution in [0.15, 0.2) is 72.9 Å². The second kappa shape index (κ2) is 8.99. The van der Waals surface area contributed by atoms with E-state index >= 15 is 0 Å². The summed E-state index contributed by atoms with van der Waals surface area (Å²) in [6, 6.07) is 22.0. The molecule has 0 radical (unpaired) electrons. The lowest BCUT2D eigenvalue weighted by atomic mass is 10.1. The van der Waals surface area contributed by atoms with Crippen LogP contribution in [0.2, 0.25) is 0 Å². The van der Waals surface area contributed by atoms with Crippen molar-refractivity contribution < 1.29 is 4.79 Å². The molecule has 4 heteroatoms. The second-order valence-corrected chi connectivity index (χ2v) is 6.57. The summed E-state index contributed by atoms with van der Waals surface area (Å²) in [6.45, 7) is 6.00. The highest BCUT2D eigenvalue weighted by molar-refractivity contribution is 5.94. The van der Waals surface area contributed by atoms with Gasteiger partial charge in [-0.05, 0) is 37.1 Å². The number of aromatic nitrogens is 1. The number of carbonyl (C=O) groups excluding carboxylic acids is 1. The molecule has 2 aromatic carbocycles. The molecule has 0 saturated heterocycles. The van der Waals surface area contributed by atoms with Gasteiger partial charge in [-0.15, -0.1) is 0 Å². The predicted octanol–water partition coefficient (Wildman–Crippen LogP) is 4.66. The third kappa shape index (κ3) is 5.17. The fourth-order valence-electron chi connectivity index (χ4n) is 2.87. The summed E-state index contributed by atoms with van der Waals surface area (Å²) in [5.74, 6) is 0.722. The molecular weight excluding hydrogens is 334 g/mol. The molecule has 0 atom stereocenters. The van der Waals surface area contributed by atoms with Gasteiger partial charge in [0.25, 0.3) is 5.91 Å². The molecule has 0 saturated carbocycles. The van der Waals surface area contributed by atoms with E-state index in [4.69, 9.17) is 0 Å². The van der Waals surface area contributed by atoms with Gasteiger partial charge in [0.15, 0.2) is 0 Å². The first-order chi connectivity index (χ1) is 13.2. The number of aryl methyl sites for hydroxylation is 1. The first-order valence-electron chi connectivity index (χ1n) is 9.24. The zero-order chi connectivity index (χ0) is 19.1. The Balaban J connectivity index is 1.67. The summed E-state index contributed by atoms with van der Waals surface area (Å²) in [5, 5.41) is 3.30. The van der Waals surface area contributed by atoms with E-state index in [2.05, 4.69) is 41.5 Å². The van der Waals surface area contributed by atoms with Gasteiger partial charge in [0.2, 0.25) is 0 Å². The molecule has 0 aliphatic heterocycles. The van der Waals surface area contributed by atoms with Crippen LogP contribution in [0.5, 0.6) is 0 Å². The van der Waals surface area contributed by atoms with E-state index in [0.29, 0.717) is 31.0 Å². The van der Waals surface area contributed by atoms with Crippen molar-refractivity contribution in [2.45, 2.75) is 26.9 Å². The molecule has 4 nitrogen and oxygen atoms in total. The van der Waals surface area contributed by atoms with Gasteiger partial charge in [-0.1, -0.05) is 60.2 Å². The van der Waals surface area contributed by atoms with Gasteiger partial charge < -0.3 is 10.2 Å². The number of pyridine rings is 1. The lowest BCUT2D eigenvalue weighted by molar-refractivity contribution is 0.0752. The molecular formula is C23H25N3O. The van der Waals surface area contributed by atoms with E-state index in [9.17, 15) is 4.79 Å². The standard InChI is InChI=1S/C23H25N3O/c1-3-26(17-20-7-5-4-6-8-20)23(27)21-13-14-24-22(15-21)25-16-19-11-9-18(2)10-12-19/h4-15H,3,16-17H2,1-2H3,(H,24,25). The first kappa shape index (κ1) is 18.6. The molecule has 138 valence electrons. The van der Waals surface area contributed by atoms with E-state index in [0.717, 1.165) is 5.56 Å². The number of hydrogen-bond acceptors (Lipinski definition) is 3. The number of nitrogens with zero attached hydrogens (tertiary/aromatic N) is 2. The van der Waals surface area contributed by atoms with Crippen molar-refractivity contribution in [3.63, 3.8) is 0 Å². The summed E-state index contributed by atoms with van der Waals surface area (Å²) in [6.07, 6.45) is 1.68. The SMILES string of the molecule is CCN(Cc1ccccc1)C(=O)c1ccnc(NCc2ccc(C)cc2)c1. The van der Waals surface area contributed by atoms with Gasteiger partial charge >= 0.3 is 0 Å². The predicted molar refractivity (Wildman–Crippen MR) is 110 cm³/mol. The maximum atomic E-state index is 12.9. The number of carbonyl (C=O) groups is 1. The lowest BCUT2D eigenvalue weighted by Gasteiger charge is -2.21. The second-order valence-electron chi connectivity index (χ2n) is 6.57. The minimum Gasteiger partial charge on any atom is -0.366 e. The van der Waals surface area contributed by atoms with Crippen LogP contribution >= 0.6 is 0 Å². The van der Waals surface area contributed by atoms with Crippen LogP contribution in [-0.4, -0.2) is 22.3 Å². The molecule has 27 heavy (non-hydrogen) atoms. The fourth-order valence-corrected chi connectivity index (χ4v) is 2.87. The quantitative estimate of drug-likeness (QED) is 0.667. The molecule has 0 bridgehead atoms. The lowest BCUT2D eigenvalue weighted by Crippen LogP contribution is -2.30. The fraction of sp³-hybridized carbons (Fsp3) is 0.217. The van der Waals surface area contributed by atoms with Gasteiger partial charge in [-0.25, -0.2) is 4.98 Å². The molecule has 1 amide bonds. The minimum absolute atomic E-state index is 0.0159. The third-order valence-corrected chi connectivity index (χ3v) is 4.49. The zero-order valence-corrected chi connectivity index (χ0v) is 15.9. The van der Waals surface area contributed by atoms with Gasteiger partial charge in [0.1, 0.15) is 5.82 Å². The maximum Gasteiger partial charge on any atom is 0.254 e. The Bertz CT molecular complexity index is 876. The average Bonchev–Trinajstić information content (AvgIpc) is 2.72. The molecule has 1 N–H and O–H groups in total. The summed E-state index contributed by atoms with van der Waals surface area (Å²) >= 11 is 0. The summed E-state index contributed by atoms with van der Waals surface area (Å²) in [4.78, 5) is 19.1. The Morgan fingerprint density at radius 1 is 1.00 bits per heavy atom. The topological polar surface area (TPSA) is 45.2 Å². The molecule has 3 aromatic rings. The van der Waals surface area contributed by atoms with Crippen molar-refractivity contribution in [3.8, 4) is 0 Å². The Hall–Kier alpha value is -3.14. The Morgan fingerprint density at radius 2 is 1.74 bits per heavy atom.